The summed E-state index contributed by atoms with van der Waals surface area (Å²) in [6, 6.07) is 1.85. The van der Waals surface area contributed by atoms with Crippen molar-refractivity contribution in [1.29, 1.82) is 5.26 Å². The summed E-state index contributed by atoms with van der Waals surface area (Å²) in [4.78, 5) is 12.0. The first-order chi connectivity index (χ1) is 7.79. The first-order valence-electron chi connectivity index (χ1n) is 4.63. The summed E-state index contributed by atoms with van der Waals surface area (Å²) >= 11 is 0. The normalized spacial score (nSPS) is 11.8. The van der Waals surface area contributed by atoms with Crippen LogP contribution in [0.2, 0.25) is 0 Å². The Labute approximate surface area is 91.6 Å². The van der Waals surface area contributed by atoms with Crippen molar-refractivity contribution in [3.05, 3.63) is 30.2 Å². The van der Waals surface area contributed by atoms with Crippen molar-refractivity contribution < 1.29 is 0 Å². The molecule has 2 aromatic rings. The van der Waals surface area contributed by atoms with Crippen molar-refractivity contribution in [1.82, 2.24) is 25.1 Å². The summed E-state index contributed by atoms with van der Waals surface area (Å²) in [5, 5.41) is 18.2. The van der Waals surface area contributed by atoms with E-state index < -0.39 is 0 Å². The largest absolute Gasteiger partial charge is 0.359 e. The Morgan fingerprint density at radius 1 is 1.38 bits per heavy atom. The molecule has 0 aliphatic carbocycles. The Morgan fingerprint density at radius 3 is 2.81 bits per heavy atom. The number of nitrogens with one attached hydrogen (secondary N) is 2. The predicted octanol–water partition coefficient (Wildman–Crippen LogP) is 0.639. The van der Waals surface area contributed by atoms with Crippen LogP contribution in [0.4, 0.5) is 5.82 Å². The predicted molar refractivity (Wildman–Crippen MR) is 55.2 cm³/mol. The average molecular weight is 215 g/mol. The number of hydrogen-bond acceptors (Lipinski definition) is 6. The number of hydrogen-bond donors (Lipinski definition) is 2. The van der Waals surface area contributed by atoms with E-state index in [1.54, 1.807) is 0 Å². The van der Waals surface area contributed by atoms with Crippen molar-refractivity contribution >= 4 is 5.82 Å². The van der Waals surface area contributed by atoms with Gasteiger partial charge in [0.2, 0.25) is 0 Å². The summed E-state index contributed by atoms with van der Waals surface area (Å²) in [6.07, 6.45) is 4.36. The van der Waals surface area contributed by atoms with Crippen LogP contribution in [0.5, 0.6) is 0 Å². The molecule has 0 saturated carbocycles. The van der Waals surface area contributed by atoms with E-state index >= 15 is 0 Å². The Morgan fingerprint density at radius 2 is 2.25 bits per heavy atom. The standard InChI is InChI=1S/C9H9N7/c1-6(9-13-5-14-16-9)15-8-4-11-7(2-10)3-12-8/h3-6H,1H3,(H,12,15)(H,13,14,16). The minimum atomic E-state index is -0.0512. The zero-order chi connectivity index (χ0) is 11.4. The average Bonchev–Trinajstić information content (AvgIpc) is 2.83. The number of anilines is 1. The topological polar surface area (TPSA) is 103 Å². The third kappa shape index (κ3) is 2.12. The molecule has 1 unspecified atom stereocenters. The molecule has 0 bridgehead atoms. The molecule has 2 aromatic heterocycles. The van der Waals surface area contributed by atoms with Crippen molar-refractivity contribution in [2.75, 3.05) is 5.32 Å². The van der Waals surface area contributed by atoms with Gasteiger partial charge in [-0.3, -0.25) is 5.10 Å². The van der Waals surface area contributed by atoms with E-state index in [-0.39, 0.29) is 11.7 Å². The van der Waals surface area contributed by atoms with Crippen LogP contribution in [0.3, 0.4) is 0 Å². The molecular weight excluding hydrogens is 206 g/mol. The SMILES string of the molecule is CC(Nc1cnc(C#N)cn1)c1ncn[nH]1. The van der Waals surface area contributed by atoms with Crippen LogP contribution in [-0.2, 0) is 0 Å². The van der Waals surface area contributed by atoms with Crippen LogP contribution in [0.15, 0.2) is 18.7 Å². The molecule has 0 saturated heterocycles. The molecule has 1 atom stereocenters. The fourth-order valence-corrected chi connectivity index (χ4v) is 1.17. The Hall–Kier alpha value is -2.49. The van der Waals surface area contributed by atoms with Crippen molar-refractivity contribution in [2.24, 2.45) is 0 Å². The molecule has 0 aliphatic heterocycles. The van der Waals surface area contributed by atoms with Crippen LogP contribution in [0.1, 0.15) is 24.5 Å². The van der Waals surface area contributed by atoms with Gasteiger partial charge in [0.1, 0.15) is 24.0 Å². The van der Waals surface area contributed by atoms with Crippen LogP contribution >= 0.6 is 0 Å². The number of nitriles is 1. The molecule has 7 nitrogen and oxygen atoms in total. The Kier molecular flexibility index (Phi) is 2.73. The molecule has 2 N–H and O–H groups in total. The highest BCUT2D eigenvalue weighted by Gasteiger charge is 2.08. The molecule has 2 rings (SSSR count). The molecular formula is C9H9N7. The molecule has 0 amide bonds. The van der Waals surface area contributed by atoms with E-state index in [4.69, 9.17) is 5.26 Å². The van der Waals surface area contributed by atoms with Gasteiger partial charge in [-0.15, -0.1) is 0 Å². The number of H-pyrrole nitrogens is 1. The summed E-state index contributed by atoms with van der Waals surface area (Å²) in [7, 11) is 0. The monoisotopic (exact) mass is 215 g/mol. The summed E-state index contributed by atoms with van der Waals surface area (Å²) in [5.41, 5.74) is 0.290. The van der Waals surface area contributed by atoms with Crippen LogP contribution in [0, 0.1) is 11.3 Å². The first-order valence-corrected chi connectivity index (χ1v) is 4.63. The Bertz CT molecular complexity index is 482. The third-order valence-corrected chi connectivity index (χ3v) is 1.97. The van der Waals surface area contributed by atoms with Gasteiger partial charge < -0.3 is 5.32 Å². The molecule has 80 valence electrons. The van der Waals surface area contributed by atoms with Gasteiger partial charge in [0.05, 0.1) is 18.4 Å². The van der Waals surface area contributed by atoms with Gasteiger partial charge in [-0.2, -0.15) is 10.4 Å². The lowest BCUT2D eigenvalue weighted by molar-refractivity contribution is 0.788. The van der Waals surface area contributed by atoms with Gasteiger partial charge in [0.15, 0.2) is 5.69 Å². The maximum atomic E-state index is 8.56. The highest BCUT2D eigenvalue weighted by atomic mass is 15.2. The zero-order valence-electron chi connectivity index (χ0n) is 8.55. The summed E-state index contributed by atoms with van der Waals surface area (Å²) in [5.74, 6) is 1.30. The molecule has 0 fully saturated rings. The lowest BCUT2D eigenvalue weighted by Gasteiger charge is -2.10. The van der Waals surface area contributed by atoms with Crippen molar-refractivity contribution in [3.63, 3.8) is 0 Å². The van der Waals surface area contributed by atoms with Gasteiger partial charge in [-0.25, -0.2) is 15.0 Å². The number of aromatic amines is 1. The van der Waals surface area contributed by atoms with Gasteiger partial charge in [0.25, 0.3) is 0 Å². The van der Waals surface area contributed by atoms with E-state index in [0.29, 0.717) is 11.6 Å². The highest BCUT2D eigenvalue weighted by molar-refractivity contribution is 5.34. The maximum absolute atomic E-state index is 8.56. The molecule has 0 spiro atoms. The van der Waals surface area contributed by atoms with E-state index in [9.17, 15) is 0 Å². The summed E-state index contributed by atoms with van der Waals surface area (Å²) < 4.78 is 0. The fraction of sp³-hybridized carbons (Fsp3) is 0.222. The minimum absolute atomic E-state index is 0.0512. The molecule has 0 radical (unpaired) electrons. The third-order valence-electron chi connectivity index (χ3n) is 1.97. The van der Waals surface area contributed by atoms with E-state index in [1.165, 1.54) is 18.7 Å². The summed E-state index contributed by atoms with van der Waals surface area (Å²) in [6.45, 7) is 1.92. The van der Waals surface area contributed by atoms with Crippen molar-refractivity contribution in [3.8, 4) is 6.07 Å². The van der Waals surface area contributed by atoms with Gasteiger partial charge >= 0.3 is 0 Å². The minimum Gasteiger partial charge on any atom is -0.359 e. The zero-order valence-corrected chi connectivity index (χ0v) is 8.55. The second-order valence-corrected chi connectivity index (χ2v) is 3.14. The highest BCUT2D eigenvalue weighted by Crippen LogP contribution is 2.12. The molecule has 7 heteroatoms. The van der Waals surface area contributed by atoms with E-state index in [2.05, 4.69) is 30.5 Å². The maximum Gasteiger partial charge on any atom is 0.158 e. The smallest absolute Gasteiger partial charge is 0.158 e. The molecule has 0 aromatic carbocycles. The van der Waals surface area contributed by atoms with Crippen LogP contribution in [-0.4, -0.2) is 25.1 Å². The quantitative estimate of drug-likeness (QED) is 0.778. The molecule has 16 heavy (non-hydrogen) atoms. The lowest BCUT2D eigenvalue weighted by Crippen LogP contribution is -2.10. The second kappa shape index (κ2) is 4.35. The van der Waals surface area contributed by atoms with Gasteiger partial charge in [-0.1, -0.05) is 0 Å². The van der Waals surface area contributed by atoms with Gasteiger partial charge in [0, 0.05) is 0 Å². The van der Waals surface area contributed by atoms with Gasteiger partial charge in [-0.05, 0) is 6.92 Å². The number of nitrogens with zero attached hydrogens (tertiary/aromatic N) is 5. The van der Waals surface area contributed by atoms with E-state index in [0.717, 1.165) is 0 Å². The van der Waals surface area contributed by atoms with Crippen LogP contribution < -0.4 is 5.32 Å². The second-order valence-electron chi connectivity index (χ2n) is 3.14. The fourth-order valence-electron chi connectivity index (χ4n) is 1.17. The first kappa shape index (κ1) is 10.0. The Balaban J connectivity index is 2.07. The molecule has 0 aliphatic rings. The number of rotatable bonds is 3. The number of aromatic nitrogens is 5. The molecule has 2 heterocycles. The van der Waals surface area contributed by atoms with Crippen LogP contribution in [0.25, 0.3) is 0 Å². The van der Waals surface area contributed by atoms with Crippen molar-refractivity contribution in [2.45, 2.75) is 13.0 Å². The lowest BCUT2D eigenvalue weighted by atomic mass is 10.3. The van der Waals surface area contributed by atoms with E-state index in [1.807, 2.05) is 13.0 Å².